The standard InChI is InChI=1S/C23H22N6O3/c1-14-20(15(2)29(28-14)17-7-5-4-6-8-17)21(30)23(31)24-13-19-25-22(27-26-19)16-9-11-18(32-3)12-10-16/h4-12H,13H2,1-3H3,(H,24,31)(H,25,26,27). The van der Waals surface area contributed by atoms with Gasteiger partial charge in [0.15, 0.2) is 5.82 Å². The normalized spacial score (nSPS) is 10.7. The molecule has 0 saturated heterocycles. The van der Waals surface area contributed by atoms with E-state index in [0.717, 1.165) is 17.0 Å². The molecular weight excluding hydrogens is 408 g/mol. The number of ketones is 1. The van der Waals surface area contributed by atoms with Crippen molar-refractivity contribution in [3.8, 4) is 22.8 Å². The number of nitrogens with one attached hydrogen (secondary N) is 2. The molecule has 0 aliphatic carbocycles. The van der Waals surface area contributed by atoms with Gasteiger partial charge < -0.3 is 10.1 Å². The summed E-state index contributed by atoms with van der Waals surface area (Å²) >= 11 is 0. The maximum Gasteiger partial charge on any atom is 0.292 e. The molecule has 0 atom stereocenters. The lowest BCUT2D eigenvalue weighted by atomic mass is 10.1. The highest BCUT2D eigenvalue weighted by Crippen LogP contribution is 2.20. The van der Waals surface area contributed by atoms with Crippen molar-refractivity contribution < 1.29 is 14.3 Å². The van der Waals surface area contributed by atoms with Crippen molar-refractivity contribution in [1.29, 1.82) is 0 Å². The molecule has 2 N–H and O–H groups in total. The van der Waals surface area contributed by atoms with Crippen LogP contribution in [0.15, 0.2) is 54.6 Å². The van der Waals surface area contributed by atoms with Gasteiger partial charge in [-0.2, -0.15) is 10.2 Å². The zero-order valence-corrected chi connectivity index (χ0v) is 17.9. The average Bonchev–Trinajstić information content (AvgIpc) is 3.41. The second-order valence-electron chi connectivity index (χ2n) is 7.14. The summed E-state index contributed by atoms with van der Waals surface area (Å²) in [5.41, 5.74) is 3.02. The third-order valence-electron chi connectivity index (χ3n) is 5.02. The monoisotopic (exact) mass is 430 g/mol. The van der Waals surface area contributed by atoms with Crippen LogP contribution in [0.1, 0.15) is 27.6 Å². The maximum absolute atomic E-state index is 12.8. The Labute approximate surface area is 184 Å². The van der Waals surface area contributed by atoms with Crippen LogP contribution in [0.3, 0.4) is 0 Å². The van der Waals surface area contributed by atoms with Crippen LogP contribution >= 0.6 is 0 Å². The zero-order chi connectivity index (χ0) is 22.7. The van der Waals surface area contributed by atoms with Crippen LogP contribution in [-0.2, 0) is 11.3 Å². The van der Waals surface area contributed by atoms with E-state index in [2.05, 4.69) is 25.6 Å². The van der Waals surface area contributed by atoms with E-state index in [1.165, 1.54) is 0 Å². The van der Waals surface area contributed by atoms with Gasteiger partial charge in [0.2, 0.25) is 0 Å². The zero-order valence-electron chi connectivity index (χ0n) is 17.9. The Morgan fingerprint density at radius 3 is 2.47 bits per heavy atom. The van der Waals surface area contributed by atoms with Gasteiger partial charge in [0.1, 0.15) is 11.6 Å². The highest BCUT2D eigenvalue weighted by Gasteiger charge is 2.25. The third-order valence-corrected chi connectivity index (χ3v) is 5.02. The fourth-order valence-electron chi connectivity index (χ4n) is 3.39. The molecule has 162 valence electrons. The summed E-state index contributed by atoms with van der Waals surface area (Å²) in [4.78, 5) is 29.7. The minimum atomic E-state index is -0.730. The number of benzene rings is 2. The number of ether oxygens (including phenoxy) is 1. The molecule has 2 aromatic carbocycles. The number of aromatic amines is 1. The summed E-state index contributed by atoms with van der Waals surface area (Å²) in [5, 5.41) is 14.0. The lowest BCUT2D eigenvalue weighted by molar-refractivity contribution is -0.117. The molecule has 2 aromatic heterocycles. The number of aromatic nitrogens is 5. The van der Waals surface area contributed by atoms with Crippen LogP contribution < -0.4 is 10.1 Å². The third kappa shape index (κ3) is 4.13. The predicted octanol–water partition coefficient (Wildman–Crippen LogP) is 2.78. The Kier molecular flexibility index (Phi) is 5.80. The van der Waals surface area contributed by atoms with E-state index in [0.29, 0.717) is 28.6 Å². The van der Waals surface area contributed by atoms with Crippen LogP contribution in [-0.4, -0.2) is 43.8 Å². The highest BCUT2D eigenvalue weighted by molar-refractivity contribution is 6.43. The Morgan fingerprint density at radius 2 is 1.78 bits per heavy atom. The SMILES string of the molecule is COc1ccc(-c2n[nH]c(CNC(=O)C(=O)c3c(C)nn(-c4ccccc4)c3C)n2)cc1. The van der Waals surface area contributed by atoms with E-state index in [4.69, 9.17) is 4.74 Å². The molecule has 0 radical (unpaired) electrons. The number of H-pyrrole nitrogens is 1. The Bertz CT molecular complexity index is 1260. The average molecular weight is 430 g/mol. The van der Waals surface area contributed by atoms with E-state index in [-0.39, 0.29) is 6.54 Å². The number of nitrogens with zero attached hydrogens (tertiary/aromatic N) is 4. The van der Waals surface area contributed by atoms with Crippen molar-refractivity contribution in [3.05, 3.63) is 77.4 Å². The van der Waals surface area contributed by atoms with Gasteiger partial charge in [-0.3, -0.25) is 14.7 Å². The lowest BCUT2D eigenvalue weighted by Gasteiger charge is -2.05. The molecule has 2 heterocycles. The Morgan fingerprint density at radius 1 is 1.06 bits per heavy atom. The smallest absolute Gasteiger partial charge is 0.292 e. The van der Waals surface area contributed by atoms with Crippen LogP contribution in [0.25, 0.3) is 17.1 Å². The number of carbonyl (C=O) groups is 2. The van der Waals surface area contributed by atoms with Crippen molar-refractivity contribution >= 4 is 11.7 Å². The first-order chi connectivity index (χ1) is 15.5. The first kappa shape index (κ1) is 21.0. The van der Waals surface area contributed by atoms with Crippen LogP contribution in [0.2, 0.25) is 0 Å². The summed E-state index contributed by atoms with van der Waals surface area (Å²) in [6.07, 6.45) is 0. The molecule has 4 aromatic rings. The summed E-state index contributed by atoms with van der Waals surface area (Å²) in [5.74, 6) is 0.282. The van der Waals surface area contributed by atoms with Gasteiger partial charge in [-0.05, 0) is 50.2 Å². The van der Waals surface area contributed by atoms with Gasteiger partial charge in [-0.15, -0.1) is 0 Å². The molecule has 9 heteroatoms. The van der Waals surface area contributed by atoms with Crippen molar-refractivity contribution in [2.75, 3.05) is 7.11 Å². The highest BCUT2D eigenvalue weighted by atomic mass is 16.5. The topological polar surface area (TPSA) is 115 Å². The fourth-order valence-corrected chi connectivity index (χ4v) is 3.39. The van der Waals surface area contributed by atoms with Gasteiger partial charge in [0.05, 0.1) is 36.3 Å². The first-order valence-electron chi connectivity index (χ1n) is 9.98. The molecule has 0 aliphatic rings. The number of rotatable bonds is 7. The number of Topliss-reactive ketones (excluding diaryl/α,β-unsaturated/α-hetero) is 1. The number of methoxy groups -OCH3 is 1. The number of aryl methyl sites for hydroxylation is 1. The van der Waals surface area contributed by atoms with Crippen LogP contribution in [0.5, 0.6) is 5.75 Å². The van der Waals surface area contributed by atoms with Crippen molar-refractivity contribution in [2.24, 2.45) is 0 Å². The first-order valence-corrected chi connectivity index (χ1v) is 9.98. The second-order valence-corrected chi connectivity index (χ2v) is 7.14. The second kappa shape index (κ2) is 8.84. The minimum Gasteiger partial charge on any atom is -0.497 e. The molecule has 0 unspecified atom stereocenters. The predicted molar refractivity (Wildman–Crippen MR) is 118 cm³/mol. The quantitative estimate of drug-likeness (QED) is 0.344. The van der Waals surface area contributed by atoms with E-state index < -0.39 is 11.7 Å². The number of amides is 1. The van der Waals surface area contributed by atoms with Crippen LogP contribution in [0.4, 0.5) is 0 Å². The number of para-hydroxylation sites is 1. The van der Waals surface area contributed by atoms with Gasteiger partial charge in [-0.25, -0.2) is 9.67 Å². The van der Waals surface area contributed by atoms with E-state index >= 15 is 0 Å². The summed E-state index contributed by atoms with van der Waals surface area (Å²) in [7, 11) is 1.60. The summed E-state index contributed by atoms with van der Waals surface area (Å²) in [6, 6.07) is 16.7. The van der Waals surface area contributed by atoms with Gasteiger partial charge in [0, 0.05) is 5.56 Å². The molecule has 0 spiro atoms. The largest absolute Gasteiger partial charge is 0.497 e. The van der Waals surface area contributed by atoms with Crippen molar-refractivity contribution in [3.63, 3.8) is 0 Å². The molecule has 1 amide bonds. The molecule has 9 nitrogen and oxygen atoms in total. The van der Waals surface area contributed by atoms with E-state index in [1.54, 1.807) is 25.6 Å². The number of carbonyl (C=O) groups excluding carboxylic acids is 2. The van der Waals surface area contributed by atoms with Crippen molar-refractivity contribution in [1.82, 2.24) is 30.3 Å². The molecule has 4 rings (SSSR count). The molecular formula is C23H22N6O3. The molecule has 0 aliphatic heterocycles. The number of hydrogen-bond donors (Lipinski definition) is 2. The van der Waals surface area contributed by atoms with E-state index in [9.17, 15) is 9.59 Å². The molecule has 0 saturated carbocycles. The van der Waals surface area contributed by atoms with Crippen LogP contribution in [0, 0.1) is 13.8 Å². The molecule has 0 fully saturated rings. The fraction of sp³-hybridized carbons (Fsp3) is 0.174. The van der Waals surface area contributed by atoms with Gasteiger partial charge in [-0.1, -0.05) is 18.2 Å². The lowest BCUT2D eigenvalue weighted by Crippen LogP contribution is -2.31. The minimum absolute atomic E-state index is 0.0403. The van der Waals surface area contributed by atoms with Gasteiger partial charge >= 0.3 is 0 Å². The summed E-state index contributed by atoms with van der Waals surface area (Å²) in [6.45, 7) is 3.52. The Balaban J connectivity index is 1.44. The summed E-state index contributed by atoms with van der Waals surface area (Å²) < 4.78 is 6.80. The van der Waals surface area contributed by atoms with E-state index in [1.807, 2.05) is 54.6 Å². The maximum atomic E-state index is 12.8. The van der Waals surface area contributed by atoms with Gasteiger partial charge in [0.25, 0.3) is 11.7 Å². The molecule has 32 heavy (non-hydrogen) atoms. The van der Waals surface area contributed by atoms with Crippen molar-refractivity contribution in [2.45, 2.75) is 20.4 Å². The molecule has 0 bridgehead atoms. The number of hydrogen-bond acceptors (Lipinski definition) is 6. The Hall–Kier alpha value is -4.27.